The van der Waals surface area contributed by atoms with Crippen LogP contribution in [0.5, 0.6) is 0 Å². The van der Waals surface area contributed by atoms with Crippen molar-refractivity contribution in [1.29, 1.82) is 0 Å². The minimum Gasteiger partial charge on any atom is -0.324 e. The zero-order valence-electron chi connectivity index (χ0n) is 13.8. The van der Waals surface area contributed by atoms with Gasteiger partial charge < -0.3 is 5.32 Å². The van der Waals surface area contributed by atoms with Gasteiger partial charge >= 0.3 is 0 Å². The van der Waals surface area contributed by atoms with Crippen molar-refractivity contribution in [2.75, 3.05) is 5.32 Å². The summed E-state index contributed by atoms with van der Waals surface area (Å²) in [6, 6.07) is 13.8. The molecule has 0 radical (unpaired) electrons. The van der Waals surface area contributed by atoms with Crippen molar-refractivity contribution < 1.29 is 13.6 Å². The van der Waals surface area contributed by atoms with Crippen LogP contribution in [0.1, 0.15) is 5.56 Å². The number of amides is 1. The number of benzene rings is 2. The first kappa shape index (κ1) is 18.0. The Morgan fingerprint density at radius 1 is 1.15 bits per heavy atom. The van der Waals surface area contributed by atoms with Crippen LogP contribution in [0, 0.1) is 6.92 Å². The van der Waals surface area contributed by atoms with Crippen molar-refractivity contribution in [3.05, 3.63) is 54.1 Å². The second-order valence-corrected chi connectivity index (χ2v) is 6.52. The summed E-state index contributed by atoms with van der Waals surface area (Å²) in [7, 11) is 0. The summed E-state index contributed by atoms with van der Waals surface area (Å²) in [5.41, 5.74) is 2.44. The maximum absolute atomic E-state index is 12.3. The van der Waals surface area contributed by atoms with Crippen molar-refractivity contribution in [1.82, 2.24) is 20.2 Å². The molecule has 2 aromatic carbocycles. The molecule has 1 amide bonds. The Kier molecular flexibility index (Phi) is 5.57. The lowest BCUT2D eigenvalue weighted by Crippen LogP contribution is -2.20. The number of nitrogens with zero attached hydrogens (tertiary/aromatic N) is 4. The first-order valence-electron chi connectivity index (χ1n) is 7.69. The predicted octanol–water partition coefficient (Wildman–Crippen LogP) is 3.60. The zero-order valence-corrected chi connectivity index (χ0v) is 14.6. The molecule has 3 rings (SSSR count). The largest absolute Gasteiger partial charge is 0.324 e. The normalized spacial score (nSPS) is 10.9. The van der Waals surface area contributed by atoms with Gasteiger partial charge in [-0.15, -0.1) is 10.2 Å². The fourth-order valence-electron chi connectivity index (χ4n) is 2.18. The predicted molar refractivity (Wildman–Crippen MR) is 94.9 cm³/mol. The molecule has 3 aromatic rings. The number of anilines is 1. The number of carbonyl (C=O) groups excluding carboxylic acids is 1. The highest BCUT2D eigenvalue weighted by molar-refractivity contribution is 7.99. The van der Waals surface area contributed by atoms with Gasteiger partial charge in [0.25, 0.3) is 5.76 Å². The second-order valence-electron chi connectivity index (χ2n) is 5.46. The van der Waals surface area contributed by atoms with E-state index in [-0.39, 0.29) is 12.5 Å². The third-order valence-corrected chi connectivity index (χ3v) is 4.13. The van der Waals surface area contributed by atoms with E-state index in [0.29, 0.717) is 28.2 Å². The molecular weight excluding hydrogens is 360 g/mol. The fraction of sp³-hybridized carbons (Fsp3) is 0.176. The first-order chi connectivity index (χ1) is 12.5. The van der Waals surface area contributed by atoms with E-state index < -0.39 is 5.76 Å². The Morgan fingerprint density at radius 2 is 1.85 bits per heavy atom. The molecule has 0 bridgehead atoms. The Balaban J connectivity index is 1.59. The number of nitrogens with one attached hydrogen (secondary N) is 1. The lowest BCUT2D eigenvalue weighted by molar-refractivity contribution is -0.117. The third kappa shape index (κ3) is 4.85. The molecular formula is C17H15F2N5OS. The SMILES string of the molecule is Cc1ccc(-c2nnn(CC(=O)Nc3ccc(SC(F)F)cc3)n2)cc1. The summed E-state index contributed by atoms with van der Waals surface area (Å²) in [4.78, 5) is 13.7. The van der Waals surface area contributed by atoms with Gasteiger partial charge in [-0.1, -0.05) is 41.6 Å². The molecule has 9 heteroatoms. The number of hydrogen-bond acceptors (Lipinski definition) is 5. The Labute approximate surface area is 152 Å². The highest BCUT2D eigenvalue weighted by Gasteiger charge is 2.10. The van der Waals surface area contributed by atoms with Gasteiger partial charge in [-0.2, -0.15) is 13.6 Å². The summed E-state index contributed by atoms with van der Waals surface area (Å²) < 4.78 is 24.6. The minimum atomic E-state index is -2.48. The van der Waals surface area contributed by atoms with Crippen LogP contribution in [-0.4, -0.2) is 31.9 Å². The number of tetrazole rings is 1. The topological polar surface area (TPSA) is 72.7 Å². The maximum atomic E-state index is 12.3. The van der Waals surface area contributed by atoms with Gasteiger partial charge in [-0.05, 0) is 36.4 Å². The van der Waals surface area contributed by atoms with Gasteiger partial charge in [0.1, 0.15) is 6.54 Å². The third-order valence-electron chi connectivity index (χ3n) is 3.41. The number of thioether (sulfide) groups is 1. The molecule has 1 N–H and O–H groups in total. The summed E-state index contributed by atoms with van der Waals surface area (Å²) in [6.07, 6.45) is 0. The highest BCUT2D eigenvalue weighted by Crippen LogP contribution is 2.26. The average molecular weight is 375 g/mol. The van der Waals surface area contributed by atoms with Gasteiger partial charge in [0, 0.05) is 16.1 Å². The Bertz CT molecular complexity index is 881. The fourth-order valence-corrected chi connectivity index (χ4v) is 2.68. The quantitative estimate of drug-likeness (QED) is 0.667. The minimum absolute atomic E-state index is 0.105. The van der Waals surface area contributed by atoms with E-state index in [1.54, 1.807) is 12.1 Å². The molecule has 1 aromatic heterocycles. The van der Waals surface area contributed by atoms with E-state index in [0.717, 1.165) is 11.1 Å². The number of halogens is 2. The van der Waals surface area contributed by atoms with Crippen LogP contribution < -0.4 is 5.32 Å². The van der Waals surface area contributed by atoms with Crippen molar-refractivity contribution in [3.8, 4) is 11.4 Å². The van der Waals surface area contributed by atoms with E-state index >= 15 is 0 Å². The van der Waals surface area contributed by atoms with E-state index in [2.05, 4.69) is 20.7 Å². The van der Waals surface area contributed by atoms with Crippen molar-refractivity contribution in [2.24, 2.45) is 0 Å². The van der Waals surface area contributed by atoms with Crippen molar-refractivity contribution in [3.63, 3.8) is 0 Å². The maximum Gasteiger partial charge on any atom is 0.288 e. The van der Waals surface area contributed by atoms with Crippen LogP contribution in [0.4, 0.5) is 14.5 Å². The Hall–Kier alpha value is -2.81. The van der Waals surface area contributed by atoms with Gasteiger partial charge in [-0.25, -0.2) is 0 Å². The van der Waals surface area contributed by atoms with E-state index in [1.165, 1.54) is 16.9 Å². The Morgan fingerprint density at radius 3 is 2.50 bits per heavy atom. The standard InChI is InChI=1S/C17H15F2N5OS/c1-11-2-4-12(5-3-11)16-21-23-24(22-16)10-15(25)20-13-6-8-14(9-7-13)26-17(18)19/h2-9,17H,10H2,1H3,(H,20,25). The molecule has 6 nitrogen and oxygen atoms in total. The van der Waals surface area contributed by atoms with Crippen LogP contribution in [0.15, 0.2) is 53.4 Å². The molecule has 26 heavy (non-hydrogen) atoms. The molecule has 0 unspecified atom stereocenters. The lowest BCUT2D eigenvalue weighted by Gasteiger charge is -2.05. The van der Waals surface area contributed by atoms with Crippen LogP contribution in [0.3, 0.4) is 0 Å². The van der Waals surface area contributed by atoms with E-state index in [9.17, 15) is 13.6 Å². The molecule has 0 fully saturated rings. The molecule has 0 spiro atoms. The lowest BCUT2D eigenvalue weighted by atomic mass is 10.1. The van der Waals surface area contributed by atoms with Crippen LogP contribution in [0.2, 0.25) is 0 Å². The smallest absolute Gasteiger partial charge is 0.288 e. The number of alkyl halides is 2. The molecule has 0 saturated carbocycles. The highest BCUT2D eigenvalue weighted by atomic mass is 32.2. The number of aryl methyl sites for hydroxylation is 1. The van der Waals surface area contributed by atoms with Crippen molar-refractivity contribution >= 4 is 23.4 Å². The summed E-state index contributed by atoms with van der Waals surface area (Å²) in [6.45, 7) is 1.88. The van der Waals surface area contributed by atoms with Crippen LogP contribution in [-0.2, 0) is 11.3 Å². The zero-order chi connectivity index (χ0) is 18.5. The average Bonchev–Trinajstić information content (AvgIpc) is 3.05. The molecule has 1 heterocycles. The second kappa shape index (κ2) is 8.05. The molecule has 0 atom stereocenters. The number of rotatable bonds is 6. The molecule has 0 aliphatic rings. The van der Waals surface area contributed by atoms with E-state index in [4.69, 9.17) is 0 Å². The van der Waals surface area contributed by atoms with Crippen molar-refractivity contribution in [2.45, 2.75) is 24.1 Å². The van der Waals surface area contributed by atoms with Gasteiger partial charge in [0.15, 0.2) is 0 Å². The van der Waals surface area contributed by atoms with Gasteiger partial charge in [0.2, 0.25) is 11.7 Å². The van der Waals surface area contributed by atoms with Gasteiger partial charge in [0.05, 0.1) is 0 Å². The molecule has 0 aliphatic heterocycles. The van der Waals surface area contributed by atoms with Gasteiger partial charge in [-0.3, -0.25) is 4.79 Å². The molecule has 134 valence electrons. The molecule has 0 aliphatic carbocycles. The number of carbonyl (C=O) groups is 1. The number of aromatic nitrogens is 4. The number of hydrogen-bond donors (Lipinski definition) is 1. The first-order valence-corrected chi connectivity index (χ1v) is 8.57. The summed E-state index contributed by atoms with van der Waals surface area (Å²) >= 11 is 0.452. The van der Waals surface area contributed by atoms with Crippen LogP contribution >= 0.6 is 11.8 Å². The summed E-state index contributed by atoms with van der Waals surface area (Å²) in [5.74, 6) is -2.38. The van der Waals surface area contributed by atoms with E-state index in [1.807, 2.05) is 31.2 Å². The molecule has 0 saturated heterocycles. The van der Waals surface area contributed by atoms with Crippen LogP contribution in [0.25, 0.3) is 11.4 Å². The summed E-state index contributed by atoms with van der Waals surface area (Å²) in [5, 5.41) is 14.7. The monoisotopic (exact) mass is 375 g/mol.